The molecular formula is C22H24N2O2. The summed E-state index contributed by atoms with van der Waals surface area (Å²) in [6, 6.07) is 12.2. The van der Waals surface area contributed by atoms with Crippen LogP contribution in [0, 0.1) is 25.7 Å². The van der Waals surface area contributed by atoms with Crippen molar-refractivity contribution in [3.05, 3.63) is 47.5 Å². The lowest BCUT2D eigenvalue weighted by Gasteiger charge is -2.13. The Balaban J connectivity index is 1.51. The second-order valence-corrected chi connectivity index (χ2v) is 7.59. The standard InChI is InChI=1S/C22H24N2O2/c1-13-11-17(7-9-19(13)23-21(25)15-3-4-15)18-8-10-20(14(2)12-18)24-22(26)16-5-6-16/h7-12,15-16H,3-6H2,1-2H3,(H,23,25)(H,24,26). The monoisotopic (exact) mass is 348 g/mol. The highest BCUT2D eigenvalue weighted by molar-refractivity contribution is 5.96. The van der Waals surface area contributed by atoms with Crippen LogP contribution in [0.2, 0.25) is 0 Å². The van der Waals surface area contributed by atoms with Crippen LogP contribution in [0.15, 0.2) is 36.4 Å². The lowest BCUT2D eigenvalue weighted by Crippen LogP contribution is -2.14. The molecule has 0 spiro atoms. The van der Waals surface area contributed by atoms with E-state index in [1.165, 1.54) is 0 Å². The normalized spacial score (nSPS) is 16.2. The Labute approximate surface area is 154 Å². The summed E-state index contributed by atoms with van der Waals surface area (Å²) >= 11 is 0. The van der Waals surface area contributed by atoms with Gasteiger partial charge in [-0.05, 0) is 86.1 Å². The minimum absolute atomic E-state index is 0.132. The highest BCUT2D eigenvalue weighted by Gasteiger charge is 2.30. The predicted octanol–water partition coefficient (Wildman–Crippen LogP) is 4.67. The van der Waals surface area contributed by atoms with Gasteiger partial charge in [-0.3, -0.25) is 9.59 Å². The first-order valence-corrected chi connectivity index (χ1v) is 9.34. The first-order valence-electron chi connectivity index (χ1n) is 9.34. The third kappa shape index (κ3) is 3.64. The van der Waals surface area contributed by atoms with Crippen LogP contribution in [-0.4, -0.2) is 11.8 Å². The largest absolute Gasteiger partial charge is 0.326 e. The van der Waals surface area contributed by atoms with E-state index < -0.39 is 0 Å². The highest BCUT2D eigenvalue weighted by Crippen LogP contribution is 2.33. The van der Waals surface area contributed by atoms with Gasteiger partial charge in [0.15, 0.2) is 0 Å². The molecule has 26 heavy (non-hydrogen) atoms. The van der Waals surface area contributed by atoms with E-state index in [2.05, 4.69) is 22.8 Å². The van der Waals surface area contributed by atoms with Crippen molar-refractivity contribution >= 4 is 23.2 Å². The zero-order valence-electron chi connectivity index (χ0n) is 15.3. The molecule has 0 atom stereocenters. The van der Waals surface area contributed by atoms with Crippen LogP contribution in [-0.2, 0) is 9.59 Å². The van der Waals surface area contributed by atoms with Crippen LogP contribution < -0.4 is 10.6 Å². The molecule has 2 aromatic rings. The fourth-order valence-electron chi connectivity index (χ4n) is 3.13. The summed E-state index contributed by atoms with van der Waals surface area (Å²) in [6.45, 7) is 4.03. The molecule has 134 valence electrons. The zero-order valence-corrected chi connectivity index (χ0v) is 15.3. The van der Waals surface area contributed by atoms with E-state index in [-0.39, 0.29) is 23.7 Å². The number of benzene rings is 2. The maximum atomic E-state index is 12.0. The summed E-state index contributed by atoms with van der Waals surface area (Å²) in [5.41, 5.74) is 6.09. The van der Waals surface area contributed by atoms with Crippen LogP contribution >= 0.6 is 0 Å². The number of hydrogen-bond acceptors (Lipinski definition) is 2. The number of hydrogen-bond donors (Lipinski definition) is 2. The maximum Gasteiger partial charge on any atom is 0.227 e. The maximum absolute atomic E-state index is 12.0. The van der Waals surface area contributed by atoms with Crippen molar-refractivity contribution in [2.24, 2.45) is 11.8 Å². The molecule has 2 fully saturated rings. The summed E-state index contributed by atoms with van der Waals surface area (Å²) in [7, 11) is 0. The van der Waals surface area contributed by atoms with Gasteiger partial charge in [0.2, 0.25) is 11.8 Å². The molecule has 0 saturated heterocycles. The summed E-state index contributed by atoms with van der Waals surface area (Å²) in [4.78, 5) is 23.9. The Bertz CT molecular complexity index is 806. The van der Waals surface area contributed by atoms with E-state index >= 15 is 0 Å². The number of rotatable bonds is 5. The number of carbonyl (C=O) groups excluding carboxylic acids is 2. The zero-order chi connectivity index (χ0) is 18.3. The van der Waals surface area contributed by atoms with E-state index in [1.54, 1.807) is 0 Å². The van der Waals surface area contributed by atoms with Gasteiger partial charge >= 0.3 is 0 Å². The third-order valence-corrected chi connectivity index (χ3v) is 5.20. The van der Waals surface area contributed by atoms with Gasteiger partial charge in [-0.25, -0.2) is 0 Å². The quantitative estimate of drug-likeness (QED) is 0.825. The van der Waals surface area contributed by atoms with Crippen LogP contribution in [0.5, 0.6) is 0 Å². The molecule has 2 aromatic carbocycles. The van der Waals surface area contributed by atoms with Crippen molar-refractivity contribution in [1.82, 2.24) is 0 Å². The molecular weight excluding hydrogens is 324 g/mol. The Hall–Kier alpha value is -2.62. The summed E-state index contributed by atoms with van der Waals surface area (Å²) in [5, 5.41) is 6.05. The number of aryl methyl sites for hydroxylation is 2. The third-order valence-electron chi connectivity index (χ3n) is 5.20. The molecule has 0 radical (unpaired) electrons. The van der Waals surface area contributed by atoms with Gasteiger partial charge in [0.25, 0.3) is 0 Å². The fraction of sp³-hybridized carbons (Fsp3) is 0.364. The predicted molar refractivity (Wildman–Crippen MR) is 104 cm³/mol. The van der Waals surface area contributed by atoms with Gasteiger partial charge in [-0.15, -0.1) is 0 Å². The Kier molecular flexibility index (Phi) is 4.27. The van der Waals surface area contributed by atoms with Crippen LogP contribution in [0.3, 0.4) is 0 Å². The molecule has 2 saturated carbocycles. The van der Waals surface area contributed by atoms with Crippen molar-refractivity contribution in [1.29, 1.82) is 0 Å². The van der Waals surface area contributed by atoms with Crippen molar-refractivity contribution < 1.29 is 9.59 Å². The molecule has 0 unspecified atom stereocenters. The molecule has 2 N–H and O–H groups in total. The van der Waals surface area contributed by atoms with Gasteiger partial charge in [0.1, 0.15) is 0 Å². The molecule has 0 bridgehead atoms. The average molecular weight is 348 g/mol. The fourth-order valence-corrected chi connectivity index (χ4v) is 3.13. The van der Waals surface area contributed by atoms with Crippen LogP contribution in [0.4, 0.5) is 11.4 Å². The van der Waals surface area contributed by atoms with Crippen LogP contribution in [0.25, 0.3) is 11.1 Å². The number of nitrogens with one attached hydrogen (secondary N) is 2. The van der Waals surface area contributed by atoms with Gasteiger partial charge < -0.3 is 10.6 Å². The van der Waals surface area contributed by atoms with Crippen molar-refractivity contribution in [3.8, 4) is 11.1 Å². The molecule has 2 aliphatic rings. The average Bonchev–Trinajstić information content (AvgIpc) is 3.49. The second-order valence-electron chi connectivity index (χ2n) is 7.59. The summed E-state index contributed by atoms with van der Waals surface area (Å²) < 4.78 is 0. The van der Waals surface area contributed by atoms with E-state index in [0.717, 1.165) is 59.3 Å². The topological polar surface area (TPSA) is 58.2 Å². The smallest absolute Gasteiger partial charge is 0.227 e. The number of anilines is 2. The number of amides is 2. The molecule has 0 aromatic heterocycles. The number of carbonyl (C=O) groups is 2. The Morgan fingerprint density at radius 3 is 1.42 bits per heavy atom. The minimum Gasteiger partial charge on any atom is -0.326 e. The van der Waals surface area contributed by atoms with Crippen molar-refractivity contribution in [2.75, 3.05) is 10.6 Å². The second kappa shape index (κ2) is 6.60. The molecule has 0 heterocycles. The molecule has 2 aliphatic carbocycles. The van der Waals surface area contributed by atoms with E-state index in [1.807, 2.05) is 38.1 Å². The summed E-state index contributed by atoms with van der Waals surface area (Å²) in [5.74, 6) is 0.671. The van der Waals surface area contributed by atoms with E-state index in [4.69, 9.17) is 0 Å². The highest BCUT2D eigenvalue weighted by atomic mass is 16.2. The van der Waals surface area contributed by atoms with Gasteiger partial charge in [0.05, 0.1) is 0 Å². The molecule has 2 amide bonds. The van der Waals surface area contributed by atoms with Crippen molar-refractivity contribution in [3.63, 3.8) is 0 Å². The van der Waals surface area contributed by atoms with Gasteiger partial charge in [-0.1, -0.05) is 12.1 Å². The van der Waals surface area contributed by atoms with E-state index in [9.17, 15) is 9.59 Å². The molecule has 0 aliphatic heterocycles. The lowest BCUT2D eigenvalue weighted by atomic mass is 10.00. The van der Waals surface area contributed by atoms with Crippen molar-refractivity contribution in [2.45, 2.75) is 39.5 Å². The first-order chi connectivity index (χ1) is 12.5. The summed E-state index contributed by atoms with van der Waals surface area (Å²) in [6.07, 6.45) is 4.02. The van der Waals surface area contributed by atoms with Gasteiger partial charge in [0, 0.05) is 23.2 Å². The SMILES string of the molecule is Cc1cc(-c2ccc(NC(=O)C3CC3)c(C)c2)ccc1NC(=O)C1CC1. The Morgan fingerprint density at radius 1 is 0.731 bits per heavy atom. The van der Waals surface area contributed by atoms with Crippen LogP contribution in [0.1, 0.15) is 36.8 Å². The molecule has 4 nitrogen and oxygen atoms in total. The lowest BCUT2D eigenvalue weighted by molar-refractivity contribution is -0.118. The first kappa shape index (κ1) is 16.8. The van der Waals surface area contributed by atoms with Gasteiger partial charge in [-0.2, -0.15) is 0 Å². The Morgan fingerprint density at radius 2 is 1.12 bits per heavy atom. The van der Waals surface area contributed by atoms with E-state index in [0.29, 0.717) is 0 Å². The molecule has 4 rings (SSSR count). The minimum atomic E-state index is 0.132. The molecule has 4 heteroatoms.